The van der Waals surface area contributed by atoms with Crippen LogP contribution in [-0.2, 0) is 6.42 Å². The van der Waals surface area contributed by atoms with Crippen LogP contribution in [0.25, 0.3) is 0 Å². The molecule has 0 unspecified atom stereocenters. The molecule has 1 aliphatic rings. The molecule has 1 atom stereocenters. The van der Waals surface area contributed by atoms with Gasteiger partial charge in [0.2, 0.25) is 0 Å². The molecule has 3 N–H and O–H groups in total. The Hall–Kier alpha value is -1.29. The summed E-state index contributed by atoms with van der Waals surface area (Å²) in [6.45, 7) is 0. The molecule has 0 spiro atoms. The van der Waals surface area contributed by atoms with E-state index in [1.165, 1.54) is 7.11 Å². The number of phenolic OH excluding ortho intramolecular Hbond substituents is 1. The maximum absolute atomic E-state index is 13.4. The first-order valence-electron chi connectivity index (χ1n) is 4.49. The predicted molar refractivity (Wildman–Crippen MR) is 49.9 cm³/mol. The van der Waals surface area contributed by atoms with Crippen molar-refractivity contribution < 1.29 is 14.2 Å². The minimum Gasteiger partial charge on any atom is -0.504 e. The molecule has 3 nitrogen and oxygen atoms in total. The molecule has 0 heterocycles. The second-order valence-electron chi connectivity index (χ2n) is 3.45. The van der Waals surface area contributed by atoms with Gasteiger partial charge >= 0.3 is 0 Å². The lowest BCUT2D eigenvalue weighted by Crippen LogP contribution is -2.07. The summed E-state index contributed by atoms with van der Waals surface area (Å²) in [5, 5.41) is 9.45. The molecular formula is C10H12FNO2. The van der Waals surface area contributed by atoms with Crippen molar-refractivity contribution >= 4 is 0 Å². The number of ether oxygens (including phenoxy) is 1. The summed E-state index contributed by atoms with van der Waals surface area (Å²) in [5.41, 5.74) is 6.99. The third-order valence-electron chi connectivity index (χ3n) is 2.63. The molecule has 1 aromatic rings. The van der Waals surface area contributed by atoms with Gasteiger partial charge in [0.05, 0.1) is 7.11 Å². The fourth-order valence-corrected chi connectivity index (χ4v) is 1.98. The van der Waals surface area contributed by atoms with Gasteiger partial charge in [-0.25, -0.2) is 4.39 Å². The average molecular weight is 197 g/mol. The van der Waals surface area contributed by atoms with Gasteiger partial charge in [-0.3, -0.25) is 0 Å². The second-order valence-corrected chi connectivity index (χ2v) is 3.45. The molecule has 4 heteroatoms. The van der Waals surface area contributed by atoms with Crippen LogP contribution in [0.5, 0.6) is 11.5 Å². The lowest BCUT2D eigenvalue weighted by Gasteiger charge is -2.13. The quantitative estimate of drug-likeness (QED) is 0.717. The molecule has 0 fully saturated rings. The van der Waals surface area contributed by atoms with Crippen molar-refractivity contribution in [2.45, 2.75) is 18.9 Å². The Labute approximate surface area is 81.3 Å². The highest BCUT2D eigenvalue weighted by atomic mass is 19.1. The maximum atomic E-state index is 13.4. The van der Waals surface area contributed by atoms with E-state index in [4.69, 9.17) is 10.5 Å². The van der Waals surface area contributed by atoms with Gasteiger partial charge in [-0.15, -0.1) is 0 Å². The molecule has 14 heavy (non-hydrogen) atoms. The van der Waals surface area contributed by atoms with Crippen molar-refractivity contribution in [3.05, 3.63) is 23.0 Å². The summed E-state index contributed by atoms with van der Waals surface area (Å²) in [6.07, 6.45) is 1.31. The van der Waals surface area contributed by atoms with E-state index in [1.54, 1.807) is 0 Å². The number of phenols is 1. The van der Waals surface area contributed by atoms with Crippen LogP contribution in [0.2, 0.25) is 0 Å². The van der Waals surface area contributed by atoms with Gasteiger partial charge in [0.15, 0.2) is 11.5 Å². The fourth-order valence-electron chi connectivity index (χ4n) is 1.98. The number of hydrogen-bond acceptors (Lipinski definition) is 3. The summed E-state index contributed by atoms with van der Waals surface area (Å²) >= 11 is 0. The zero-order chi connectivity index (χ0) is 10.3. The zero-order valence-corrected chi connectivity index (χ0v) is 7.88. The molecule has 2 rings (SSSR count). The van der Waals surface area contributed by atoms with Gasteiger partial charge in [-0.1, -0.05) is 0 Å². The Balaban J connectivity index is 2.68. The number of halogens is 1. The van der Waals surface area contributed by atoms with Crippen LogP contribution in [0, 0.1) is 5.82 Å². The summed E-state index contributed by atoms with van der Waals surface area (Å²) in [4.78, 5) is 0. The SMILES string of the molecule is COc1c(O)cc(F)c2c1[C@@H](N)CC2. The number of rotatable bonds is 1. The van der Waals surface area contributed by atoms with E-state index in [2.05, 4.69) is 0 Å². The Kier molecular flexibility index (Phi) is 2.07. The second kappa shape index (κ2) is 3.13. The largest absolute Gasteiger partial charge is 0.504 e. The van der Waals surface area contributed by atoms with E-state index >= 15 is 0 Å². The van der Waals surface area contributed by atoms with E-state index in [9.17, 15) is 9.50 Å². The van der Waals surface area contributed by atoms with E-state index in [-0.39, 0.29) is 11.8 Å². The number of nitrogens with two attached hydrogens (primary N) is 1. The van der Waals surface area contributed by atoms with E-state index < -0.39 is 5.82 Å². The van der Waals surface area contributed by atoms with Crippen LogP contribution >= 0.6 is 0 Å². The average Bonchev–Trinajstić information content (AvgIpc) is 2.50. The number of benzene rings is 1. The van der Waals surface area contributed by atoms with E-state index in [1.807, 2.05) is 0 Å². The third kappa shape index (κ3) is 1.14. The lowest BCUT2D eigenvalue weighted by atomic mass is 10.1. The highest BCUT2D eigenvalue weighted by molar-refractivity contribution is 5.54. The monoisotopic (exact) mass is 197 g/mol. The molecule has 1 aromatic carbocycles. The van der Waals surface area contributed by atoms with Crippen molar-refractivity contribution in [2.24, 2.45) is 5.73 Å². The van der Waals surface area contributed by atoms with Gasteiger partial charge in [0.25, 0.3) is 0 Å². The van der Waals surface area contributed by atoms with Gasteiger partial charge in [-0.05, 0) is 18.4 Å². The maximum Gasteiger partial charge on any atom is 0.165 e. The van der Waals surface area contributed by atoms with E-state index in [0.717, 1.165) is 6.07 Å². The molecule has 0 saturated carbocycles. The van der Waals surface area contributed by atoms with Gasteiger partial charge in [0.1, 0.15) is 5.82 Å². The van der Waals surface area contributed by atoms with Crippen LogP contribution in [0.3, 0.4) is 0 Å². The highest BCUT2D eigenvalue weighted by Crippen LogP contribution is 2.43. The number of hydrogen-bond donors (Lipinski definition) is 2. The van der Waals surface area contributed by atoms with Crippen molar-refractivity contribution in [1.82, 2.24) is 0 Å². The fraction of sp³-hybridized carbons (Fsp3) is 0.400. The summed E-state index contributed by atoms with van der Waals surface area (Å²) < 4.78 is 18.4. The molecule has 0 amide bonds. The topological polar surface area (TPSA) is 55.5 Å². The molecule has 0 saturated heterocycles. The van der Waals surface area contributed by atoms with E-state index in [0.29, 0.717) is 29.7 Å². The smallest absolute Gasteiger partial charge is 0.165 e. The summed E-state index contributed by atoms with van der Waals surface area (Å²) in [7, 11) is 1.44. The van der Waals surface area contributed by atoms with Crippen LogP contribution in [0.4, 0.5) is 4.39 Å². The van der Waals surface area contributed by atoms with Crippen molar-refractivity contribution in [1.29, 1.82) is 0 Å². The Morgan fingerprint density at radius 1 is 1.64 bits per heavy atom. The molecule has 0 radical (unpaired) electrons. The van der Waals surface area contributed by atoms with Gasteiger partial charge in [-0.2, -0.15) is 0 Å². The van der Waals surface area contributed by atoms with Crippen LogP contribution in [-0.4, -0.2) is 12.2 Å². The molecule has 0 aromatic heterocycles. The molecular weight excluding hydrogens is 185 g/mol. The van der Waals surface area contributed by atoms with Crippen molar-refractivity contribution in [3.63, 3.8) is 0 Å². The highest BCUT2D eigenvalue weighted by Gasteiger charge is 2.28. The Morgan fingerprint density at radius 2 is 2.36 bits per heavy atom. The minimum atomic E-state index is -0.397. The molecule has 1 aliphatic carbocycles. The Bertz CT molecular complexity index is 379. The van der Waals surface area contributed by atoms with Crippen molar-refractivity contribution in [3.8, 4) is 11.5 Å². The van der Waals surface area contributed by atoms with Crippen LogP contribution in [0.1, 0.15) is 23.6 Å². The molecule has 76 valence electrons. The standard InChI is InChI=1S/C10H12FNO2/c1-14-10-8(13)4-6(11)5-2-3-7(12)9(5)10/h4,7,13H,2-3,12H2,1H3/t7-/m0/s1. The van der Waals surface area contributed by atoms with Gasteiger partial charge in [0, 0.05) is 17.7 Å². The summed E-state index contributed by atoms with van der Waals surface area (Å²) in [5.74, 6) is -0.265. The van der Waals surface area contributed by atoms with Gasteiger partial charge < -0.3 is 15.6 Å². The first-order valence-corrected chi connectivity index (χ1v) is 4.49. The zero-order valence-electron chi connectivity index (χ0n) is 7.88. The van der Waals surface area contributed by atoms with Crippen LogP contribution in [0.15, 0.2) is 6.07 Å². The Morgan fingerprint density at radius 3 is 3.00 bits per heavy atom. The number of aromatic hydroxyl groups is 1. The normalized spacial score (nSPS) is 19.5. The predicted octanol–water partition coefficient (Wildman–Crippen LogP) is 1.49. The number of methoxy groups -OCH3 is 1. The first-order chi connectivity index (χ1) is 6.65. The third-order valence-corrected chi connectivity index (χ3v) is 2.63. The van der Waals surface area contributed by atoms with Crippen LogP contribution < -0.4 is 10.5 Å². The molecule has 0 aliphatic heterocycles. The lowest BCUT2D eigenvalue weighted by molar-refractivity contribution is 0.364. The van der Waals surface area contributed by atoms with Crippen molar-refractivity contribution in [2.75, 3.05) is 7.11 Å². The number of fused-ring (bicyclic) bond motifs is 1. The molecule has 0 bridgehead atoms. The summed E-state index contributed by atoms with van der Waals surface area (Å²) in [6, 6.07) is 0.844. The first kappa shape index (κ1) is 9.27. The minimum absolute atomic E-state index is 0.180.